The molecular weight excluding hydrogens is 282 g/mol. The van der Waals surface area contributed by atoms with Crippen LogP contribution >= 0.6 is 17.0 Å². The maximum atomic E-state index is 4.93. The number of hydrogen-bond donors (Lipinski definition) is 0. The molecule has 1 rings (SSSR count). The fraction of sp³-hybridized carbons (Fsp3) is 0.300. The molecule has 0 aliphatic heterocycles. The Morgan fingerprint density at radius 1 is 1.46 bits per heavy atom. The number of halogens is 2. The second kappa shape index (κ2) is 9.25. The van der Waals surface area contributed by atoms with Gasteiger partial charge in [0.25, 0.3) is 0 Å². The van der Waals surface area contributed by atoms with E-state index in [1.807, 2.05) is 6.08 Å². The average Bonchev–Trinajstić information content (AvgIpc) is 2.49. The Morgan fingerprint density at radius 3 is 2.46 bits per heavy atom. The summed E-state index contributed by atoms with van der Waals surface area (Å²) in [5.74, 6) is 1.43. The number of hydrogen-bond acceptors (Lipinski definition) is 0. The average molecular weight is 295 g/mol. The molecule has 0 unspecified atom stereocenters. The predicted octanol–water partition coefficient (Wildman–Crippen LogP) is 4.42. The Morgan fingerprint density at radius 2 is 2.08 bits per heavy atom. The second-order valence-electron chi connectivity index (χ2n) is 2.70. The molecule has 71 valence electrons. The zero-order chi connectivity index (χ0) is 10.1. The third kappa shape index (κ3) is 7.73. The molecular formula is C10H13Cl2Zr. The van der Waals surface area contributed by atoms with Gasteiger partial charge in [-0.25, -0.2) is 0 Å². The summed E-state index contributed by atoms with van der Waals surface area (Å²) in [4.78, 5) is 0. The van der Waals surface area contributed by atoms with Gasteiger partial charge in [0.15, 0.2) is 0 Å². The number of allylic oxidation sites excluding steroid dienone is 5. The van der Waals surface area contributed by atoms with Gasteiger partial charge in [-0.05, 0) is 19.8 Å². The Kier molecular flexibility index (Phi) is 9.73. The molecule has 0 saturated carbocycles. The summed E-state index contributed by atoms with van der Waals surface area (Å²) >= 11 is -0.826. The van der Waals surface area contributed by atoms with Gasteiger partial charge in [0, 0.05) is 5.92 Å². The van der Waals surface area contributed by atoms with Gasteiger partial charge in [-0.3, -0.25) is 0 Å². The molecule has 0 amide bonds. The third-order valence-corrected chi connectivity index (χ3v) is 1.61. The van der Waals surface area contributed by atoms with E-state index in [0.717, 1.165) is 12.8 Å². The van der Waals surface area contributed by atoms with Gasteiger partial charge in [0.05, 0.1) is 0 Å². The van der Waals surface area contributed by atoms with Crippen LogP contribution in [-0.4, -0.2) is 0 Å². The van der Waals surface area contributed by atoms with Gasteiger partial charge < -0.3 is 0 Å². The minimum absolute atomic E-state index is 0.826. The minimum atomic E-state index is -0.826. The summed E-state index contributed by atoms with van der Waals surface area (Å²) in [6.45, 7) is 5.80. The fourth-order valence-electron chi connectivity index (χ4n) is 1.05. The van der Waals surface area contributed by atoms with Crippen molar-refractivity contribution in [1.29, 1.82) is 0 Å². The molecule has 0 fully saturated rings. The molecule has 0 atom stereocenters. The van der Waals surface area contributed by atoms with Crippen molar-refractivity contribution in [2.75, 3.05) is 0 Å². The summed E-state index contributed by atoms with van der Waals surface area (Å²) in [6, 6.07) is 0. The third-order valence-electron chi connectivity index (χ3n) is 1.61. The van der Waals surface area contributed by atoms with Crippen LogP contribution in [0.25, 0.3) is 0 Å². The quantitative estimate of drug-likeness (QED) is 0.676. The van der Waals surface area contributed by atoms with Gasteiger partial charge in [0.1, 0.15) is 0 Å². The van der Waals surface area contributed by atoms with E-state index in [2.05, 4.69) is 31.7 Å². The second-order valence-corrected chi connectivity index (χ2v) is 6.43. The number of rotatable bonds is 3. The van der Waals surface area contributed by atoms with Gasteiger partial charge in [-0.2, -0.15) is 0 Å². The van der Waals surface area contributed by atoms with Crippen molar-refractivity contribution in [1.82, 2.24) is 0 Å². The summed E-state index contributed by atoms with van der Waals surface area (Å²) in [5, 5.41) is 0. The van der Waals surface area contributed by atoms with Crippen LogP contribution < -0.4 is 0 Å². The molecule has 0 heterocycles. The van der Waals surface area contributed by atoms with E-state index >= 15 is 0 Å². The molecule has 0 N–H and O–H groups in total. The van der Waals surface area contributed by atoms with Crippen LogP contribution in [-0.2, 0) is 20.8 Å². The van der Waals surface area contributed by atoms with Crippen molar-refractivity contribution in [3.63, 3.8) is 0 Å². The topological polar surface area (TPSA) is 0 Å². The molecule has 0 aromatic carbocycles. The molecule has 1 radical (unpaired) electrons. The van der Waals surface area contributed by atoms with Crippen LogP contribution in [0.4, 0.5) is 0 Å². The Hall–Kier alpha value is 0.683. The molecule has 0 spiro atoms. The van der Waals surface area contributed by atoms with Crippen LogP contribution in [0, 0.1) is 5.92 Å². The molecule has 0 saturated heterocycles. The first-order valence-corrected chi connectivity index (χ1v) is 10.4. The SMILES string of the molecule is C=CCC[C]1C=CC(C)=C1.[Cl][Zr][Cl]. The molecule has 0 aromatic rings. The van der Waals surface area contributed by atoms with Crippen LogP contribution in [0.2, 0.25) is 0 Å². The summed E-state index contributed by atoms with van der Waals surface area (Å²) < 4.78 is 0. The fourth-order valence-corrected chi connectivity index (χ4v) is 1.05. The van der Waals surface area contributed by atoms with Crippen LogP contribution in [0.3, 0.4) is 0 Å². The zero-order valence-corrected chi connectivity index (χ0v) is 11.7. The molecule has 1 aliphatic rings. The monoisotopic (exact) mass is 293 g/mol. The van der Waals surface area contributed by atoms with Crippen LogP contribution in [0.1, 0.15) is 19.8 Å². The molecule has 0 aromatic heterocycles. The first-order valence-electron chi connectivity index (χ1n) is 4.04. The molecule has 0 nitrogen and oxygen atoms in total. The van der Waals surface area contributed by atoms with Crippen molar-refractivity contribution < 1.29 is 20.8 Å². The van der Waals surface area contributed by atoms with Crippen molar-refractivity contribution >= 4 is 17.0 Å². The maximum absolute atomic E-state index is 4.93. The Balaban J connectivity index is 0.000000424. The van der Waals surface area contributed by atoms with Crippen molar-refractivity contribution in [3.8, 4) is 0 Å². The van der Waals surface area contributed by atoms with Crippen molar-refractivity contribution in [2.24, 2.45) is 0 Å². The van der Waals surface area contributed by atoms with E-state index in [0.29, 0.717) is 0 Å². The van der Waals surface area contributed by atoms with Gasteiger partial charge in [-0.1, -0.05) is 29.9 Å². The molecule has 13 heavy (non-hydrogen) atoms. The van der Waals surface area contributed by atoms with Crippen molar-refractivity contribution in [2.45, 2.75) is 19.8 Å². The van der Waals surface area contributed by atoms with Gasteiger partial charge in [0.2, 0.25) is 0 Å². The summed E-state index contributed by atoms with van der Waals surface area (Å²) in [6.07, 6.45) is 10.7. The van der Waals surface area contributed by atoms with Crippen LogP contribution in [0.5, 0.6) is 0 Å². The van der Waals surface area contributed by atoms with E-state index in [-0.39, 0.29) is 0 Å². The summed E-state index contributed by atoms with van der Waals surface area (Å²) in [7, 11) is 9.87. The normalized spacial score (nSPS) is 14.5. The van der Waals surface area contributed by atoms with Crippen LogP contribution in [0.15, 0.2) is 36.5 Å². The van der Waals surface area contributed by atoms with E-state index in [9.17, 15) is 0 Å². The molecule has 0 bridgehead atoms. The zero-order valence-electron chi connectivity index (χ0n) is 7.69. The first-order chi connectivity index (χ1) is 6.24. The van der Waals surface area contributed by atoms with E-state index < -0.39 is 20.8 Å². The van der Waals surface area contributed by atoms with E-state index in [1.54, 1.807) is 0 Å². The summed E-state index contributed by atoms with van der Waals surface area (Å²) in [5.41, 5.74) is 1.36. The van der Waals surface area contributed by atoms with E-state index in [4.69, 9.17) is 17.0 Å². The van der Waals surface area contributed by atoms with E-state index in [1.165, 1.54) is 11.5 Å². The first kappa shape index (κ1) is 13.7. The van der Waals surface area contributed by atoms with Crippen molar-refractivity contribution in [3.05, 3.63) is 42.4 Å². The predicted molar refractivity (Wildman–Crippen MR) is 57.3 cm³/mol. The van der Waals surface area contributed by atoms with Gasteiger partial charge >= 0.3 is 37.9 Å². The molecule has 3 heteroatoms. The standard InChI is InChI=1S/C10H13.2ClH.Zr/c1-3-4-5-10-7-6-9(2)8-10;;;/h3,6-8H,1,4-5H2,2H3;2*1H;/q;;;+2/p-2. The molecule has 1 aliphatic carbocycles. The van der Waals surface area contributed by atoms with Gasteiger partial charge in [-0.15, -0.1) is 6.58 Å². The Bertz CT molecular complexity index is 197. The Labute approximate surface area is 99.4 Å².